The number of ether oxygens (including phenoxy) is 5. The number of nitrogens with zero attached hydrogens (tertiary/aromatic N) is 1. The highest BCUT2D eigenvalue weighted by molar-refractivity contribution is 5.96. The molecule has 11 nitrogen and oxygen atoms in total. The molecule has 0 bridgehead atoms. The van der Waals surface area contributed by atoms with Gasteiger partial charge in [0.1, 0.15) is 31.5 Å². The van der Waals surface area contributed by atoms with Crippen LogP contribution in [0.2, 0.25) is 0 Å². The van der Waals surface area contributed by atoms with E-state index >= 15 is 0 Å². The maximum Gasteiger partial charge on any atom is 0.345 e. The fourth-order valence-corrected chi connectivity index (χ4v) is 3.04. The van der Waals surface area contributed by atoms with Crippen molar-refractivity contribution in [2.45, 2.75) is 6.10 Å². The number of carbonyl (C=O) groups is 2. The van der Waals surface area contributed by atoms with Gasteiger partial charge in [-0.15, -0.1) is 0 Å². The third kappa shape index (κ3) is 4.60. The van der Waals surface area contributed by atoms with Crippen molar-refractivity contribution in [3.8, 4) is 23.0 Å². The summed E-state index contributed by atoms with van der Waals surface area (Å²) in [5.74, 6) is -0.0436. The molecule has 0 fully saturated rings. The van der Waals surface area contributed by atoms with Gasteiger partial charge in [0, 0.05) is 6.07 Å². The Balaban J connectivity index is 1.32. The average molecular weight is 430 g/mol. The topological polar surface area (TPSA) is 135 Å². The number of para-hydroxylation sites is 2. The zero-order chi connectivity index (χ0) is 21.8. The number of nitro benzene ring substituents is 1. The van der Waals surface area contributed by atoms with E-state index in [4.69, 9.17) is 23.7 Å². The molecule has 4 rings (SSSR count). The number of amides is 1. The van der Waals surface area contributed by atoms with Crippen LogP contribution in [0.1, 0.15) is 10.4 Å². The predicted octanol–water partition coefficient (Wildman–Crippen LogP) is 1.48. The second kappa shape index (κ2) is 8.78. The minimum atomic E-state index is -1.02. The monoisotopic (exact) mass is 430 g/mol. The Morgan fingerprint density at radius 1 is 1.06 bits per heavy atom. The van der Waals surface area contributed by atoms with E-state index < -0.39 is 35.2 Å². The Bertz CT molecular complexity index is 1020. The molecule has 0 radical (unpaired) electrons. The van der Waals surface area contributed by atoms with Gasteiger partial charge in [0.2, 0.25) is 0 Å². The summed E-state index contributed by atoms with van der Waals surface area (Å²) in [5, 5.41) is 13.9. The summed E-state index contributed by atoms with van der Waals surface area (Å²) >= 11 is 0. The first-order chi connectivity index (χ1) is 15.0. The van der Waals surface area contributed by atoms with Crippen molar-refractivity contribution in [3.63, 3.8) is 0 Å². The molecule has 2 aromatic rings. The molecule has 1 N–H and O–H groups in total. The lowest BCUT2D eigenvalue weighted by Crippen LogP contribution is -2.42. The molecule has 2 heterocycles. The highest BCUT2D eigenvalue weighted by Crippen LogP contribution is 2.37. The molecule has 0 aromatic heterocycles. The lowest BCUT2D eigenvalue weighted by atomic mass is 10.1. The van der Waals surface area contributed by atoms with Crippen LogP contribution in [0.3, 0.4) is 0 Å². The van der Waals surface area contributed by atoms with E-state index in [1.807, 2.05) is 6.07 Å². The highest BCUT2D eigenvalue weighted by Gasteiger charge is 2.28. The Morgan fingerprint density at radius 2 is 1.77 bits per heavy atom. The van der Waals surface area contributed by atoms with Crippen LogP contribution >= 0.6 is 0 Å². The first-order valence-corrected chi connectivity index (χ1v) is 9.41. The molecular weight excluding hydrogens is 412 g/mol. The molecule has 2 aromatic carbocycles. The lowest BCUT2D eigenvalue weighted by Gasteiger charge is -2.26. The van der Waals surface area contributed by atoms with Gasteiger partial charge in [-0.05, 0) is 12.1 Å². The number of nitro groups is 1. The highest BCUT2D eigenvalue weighted by atomic mass is 16.6. The van der Waals surface area contributed by atoms with Gasteiger partial charge in [-0.3, -0.25) is 14.9 Å². The van der Waals surface area contributed by atoms with Gasteiger partial charge < -0.3 is 29.0 Å². The number of esters is 1. The normalized spacial score (nSPS) is 16.2. The van der Waals surface area contributed by atoms with E-state index in [1.165, 1.54) is 6.07 Å². The van der Waals surface area contributed by atoms with Crippen LogP contribution in [-0.4, -0.2) is 55.9 Å². The van der Waals surface area contributed by atoms with Crippen molar-refractivity contribution >= 4 is 17.6 Å². The SMILES string of the molecule is O=C(COC(=O)c1cc2c(cc1[N+](=O)[O-])OCCO2)NCC1COc2ccccc2O1. The van der Waals surface area contributed by atoms with Crippen LogP contribution in [0.4, 0.5) is 5.69 Å². The molecule has 0 saturated heterocycles. The van der Waals surface area contributed by atoms with Gasteiger partial charge in [0.25, 0.3) is 11.6 Å². The smallest absolute Gasteiger partial charge is 0.345 e. The molecule has 1 unspecified atom stereocenters. The zero-order valence-electron chi connectivity index (χ0n) is 16.2. The van der Waals surface area contributed by atoms with Crippen LogP contribution in [0.15, 0.2) is 36.4 Å². The van der Waals surface area contributed by atoms with E-state index in [9.17, 15) is 19.7 Å². The van der Waals surface area contributed by atoms with E-state index in [0.29, 0.717) is 11.5 Å². The quantitative estimate of drug-likeness (QED) is 0.410. The Labute approximate surface area is 175 Å². The van der Waals surface area contributed by atoms with E-state index in [1.54, 1.807) is 18.2 Å². The Hall–Kier alpha value is -4.02. The fraction of sp³-hybridized carbons (Fsp3) is 0.300. The van der Waals surface area contributed by atoms with Gasteiger partial charge in [-0.1, -0.05) is 12.1 Å². The van der Waals surface area contributed by atoms with Gasteiger partial charge in [0.05, 0.1) is 17.5 Å². The molecule has 1 atom stereocenters. The van der Waals surface area contributed by atoms with Crippen molar-refractivity contribution in [1.29, 1.82) is 0 Å². The van der Waals surface area contributed by atoms with Gasteiger partial charge >= 0.3 is 5.97 Å². The third-order valence-corrected chi connectivity index (χ3v) is 4.51. The molecule has 0 spiro atoms. The van der Waals surface area contributed by atoms with E-state index in [2.05, 4.69) is 5.32 Å². The van der Waals surface area contributed by atoms with Gasteiger partial charge in [-0.2, -0.15) is 0 Å². The van der Waals surface area contributed by atoms with Crippen molar-refractivity contribution in [1.82, 2.24) is 5.32 Å². The molecule has 2 aliphatic rings. The molecule has 0 saturated carbocycles. The summed E-state index contributed by atoms with van der Waals surface area (Å²) in [4.78, 5) is 35.0. The molecule has 0 aliphatic carbocycles. The zero-order valence-corrected chi connectivity index (χ0v) is 16.2. The van der Waals surface area contributed by atoms with Gasteiger partial charge in [-0.25, -0.2) is 4.79 Å². The predicted molar refractivity (Wildman–Crippen MR) is 104 cm³/mol. The summed E-state index contributed by atoms with van der Waals surface area (Å²) in [6.07, 6.45) is -0.409. The minimum absolute atomic E-state index is 0.134. The third-order valence-electron chi connectivity index (χ3n) is 4.51. The first kappa shape index (κ1) is 20.3. The standard InChI is InChI=1S/C20H18N2O9/c23-19(21-9-12-10-29-15-3-1-2-4-16(15)31-12)11-30-20(24)13-7-17-18(28-6-5-27-17)8-14(13)22(25)26/h1-4,7-8,12H,5-6,9-11H2,(H,21,23). The number of nitrogens with one attached hydrogen (secondary N) is 1. The molecular formula is C20H18N2O9. The maximum atomic E-state index is 12.4. The van der Waals surface area contributed by atoms with E-state index in [0.717, 1.165) is 6.07 Å². The molecule has 2 aliphatic heterocycles. The van der Waals surface area contributed by atoms with Crippen molar-refractivity contribution in [3.05, 3.63) is 52.1 Å². The first-order valence-electron chi connectivity index (χ1n) is 9.41. The maximum absolute atomic E-state index is 12.4. The Morgan fingerprint density at radius 3 is 2.52 bits per heavy atom. The summed E-state index contributed by atoms with van der Waals surface area (Å²) < 4.78 is 26.9. The molecule has 162 valence electrons. The average Bonchev–Trinajstić information content (AvgIpc) is 2.80. The van der Waals surface area contributed by atoms with Crippen LogP contribution in [0.25, 0.3) is 0 Å². The van der Waals surface area contributed by atoms with Crippen molar-refractivity contribution < 1.29 is 38.2 Å². The Kier molecular flexibility index (Phi) is 5.74. The number of rotatable bonds is 6. The molecule has 1 amide bonds. The largest absolute Gasteiger partial charge is 0.486 e. The molecule has 11 heteroatoms. The second-order valence-electron chi connectivity index (χ2n) is 6.65. The minimum Gasteiger partial charge on any atom is -0.486 e. The van der Waals surface area contributed by atoms with Crippen LogP contribution in [0.5, 0.6) is 23.0 Å². The van der Waals surface area contributed by atoms with Crippen molar-refractivity contribution in [2.75, 3.05) is 33.0 Å². The lowest BCUT2D eigenvalue weighted by molar-refractivity contribution is -0.385. The summed E-state index contributed by atoms with van der Waals surface area (Å²) in [6.45, 7) is 0.262. The number of benzene rings is 2. The second-order valence-corrected chi connectivity index (χ2v) is 6.65. The van der Waals surface area contributed by atoms with Crippen LogP contribution in [0, 0.1) is 10.1 Å². The number of hydrogen-bond acceptors (Lipinski definition) is 9. The van der Waals surface area contributed by atoms with E-state index in [-0.39, 0.29) is 43.4 Å². The number of carbonyl (C=O) groups excluding carboxylic acids is 2. The summed E-state index contributed by atoms with van der Waals surface area (Å²) in [7, 11) is 0. The number of fused-ring (bicyclic) bond motifs is 2. The summed E-state index contributed by atoms with van der Waals surface area (Å²) in [6, 6.07) is 9.44. The van der Waals surface area contributed by atoms with Crippen molar-refractivity contribution in [2.24, 2.45) is 0 Å². The van der Waals surface area contributed by atoms with Gasteiger partial charge in [0.15, 0.2) is 29.6 Å². The number of hydrogen-bond donors (Lipinski definition) is 1. The molecule has 31 heavy (non-hydrogen) atoms. The van der Waals surface area contributed by atoms with Crippen LogP contribution < -0.4 is 24.3 Å². The van der Waals surface area contributed by atoms with Crippen LogP contribution in [-0.2, 0) is 9.53 Å². The fourth-order valence-electron chi connectivity index (χ4n) is 3.04. The summed E-state index contributed by atoms with van der Waals surface area (Å²) in [5.41, 5.74) is -0.830.